The van der Waals surface area contributed by atoms with Gasteiger partial charge < -0.3 is 0 Å². The number of halogens is 1. The lowest BCUT2D eigenvalue weighted by molar-refractivity contribution is 0.0958. The minimum atomic E-state index is -1.49. The van der Waals surface area contributed by atoms with Gasteiger partial charge in [-0.1, -0.05) is 48.5 Å². The van der Waals surface area contributed by atoms with Crippen molar-refractivity contribution >= 4 is 5.78 Å². The molecular formula is C18H11FN2O. The zero-order valence-electron chi connectivity index (χ0n) is 11.5. The van der Waals surface area contributed by atoms with Crippen molar-refractivity contribution in [2.24, 2.45) is 11.3 Å². The van der Waals surface area contributed by atoms with Crippen LogP contribution < -0.4 is 0 Å². The number of nitriles is 2. The monoisotopic (exact) mass is 290 g/mol. The van der Waals surface area contributed by atoms with Gasteiger partial charge in [-0.15, -0.1) is 0 Å². The molecule has 106 valence electrons. The number of nitrogens with zero attached hydrogens (tertiary/aromatic N) is 2. The van der Waals surface area contributed by atoms with E-state index in [0.29, 0.717) is 5.56 Å². The molecule has 0 aromatic heterocycles. The molecule has 3 rings (SSSR count). The van der Waals surface area contributed by atoms with Crippen molar-refractivity contribution in [3.63, 3.8) is 0 Å². The number of carbonyl (C=O) groups excluding carboxylic acids is 1. The third kappa shape index (κ3) is 1.89. The van der Waals surface area contributed by atoms with Gasteiger partial charge in [0.05, 0.1) is 18.1 Å². The van der Waals surface area contributed by atoms with Gasteiger partial charge in [-0.05, 0) is 11.6 Å². The second-order valence-electron chi connectivity index (χ2n) is 5.30. The van der Waals surface area contributed by atoms with E-state index in [1.807, 2.05) is 12.1 Å². The summed E-state index contributed by atoms with van der Waals surface area (Å²) in [5.74, 6) is -2.35. The molecule has 0 aliphatic heterocycles. The van der Waals surface area contributed by atoms with Crippen LogP contribution in [0.25, 0.3) is 0 Å². The van der Waals surface area contributed by atoms with E-state index in [0.717, 1.165) is 0 Å². The Hall–Kier alpha value is -2.98. The normalized spacial score (nSPS) is 21.4. The molecule has 1 aliphatic rings. The molecule has 0 heterocycles. The van der Waals surface area contributed by atoms with Gasteiger partial charge in [-0.3, -0.25) is 4.79 Å². The Labute approximate surface area is 127 Å². The molecule has 0 bridgehead atoms. The molecule has 2 aromatic rings. The first kappa shape index (κ1) is 14.0. The Bertz CT molecular complexity index is 803. The van der Waals surface area contributed by atoms with Gasteiger partial charge in [0.1, 0.15) is 5.82 Å². The predicted molar refractivity (Wildman–Crippen MR) is 77.1 cm³/mol. The number of hydrogen-bond acceptors (Lipinski definition) is 3. The molecule has 3 nitrogen and oxygen atoms in total. The van der Waals surface area contributed by atoms with Crippen molar-refractivity contribution in [3.8, 4) is 12.1 Å². The highest BCUT2D eigenvalue weighted by Gasteiger charge is 2.71. The number of ketones is 1. The fourth-order valence-corrected chi connectivity index (χ4v) is 2.98. The Morgan fingerprint density at radius 2 is 1.59 bits per heavy atom. The highest BCUT2D eigenvalue weighted by molar-refractivity contribution is 6.02. The van der Waals surface area contributed by atoms with Crippen molar-refractivity contribution in [1.82, 2.24) is 0 Å². The topological polar surface area (TPSA) is 64.7 Å². The standard InChI is InChI=1S/C18H11FN2O/c19-14-9-5-4-8-13(14)15-16(18(15,10-20)11-21)17(22)12-6-2-1-3-7-12/h1-9,15-16H/t15-,16+/m0/s1. The van der Waals surface area contributed by atoms with Crippen molar-refractivity contribution in [2.45, 2.75) is 5.92 Å². The molecule has 2 atom stereocenters. The molecule has 4 heteroatoms. The minimum Gasteiger partial charge on any atom is -0.294 e. The zero-order chi connectivity index (χ0) is 15.7. The maximum atomic E-state index is 14.0. The number of Topliss-reactive ketones (excluding diaryl/α,β-unsaturated/α-hetero) is 1. The number of carbonyl (C=O) groups is 1. The first-order valence-electron chi connectivity index (χ1n) is 6.82. The summed E-state index contributed by atoms with van der Waals surface area (Å²) in [6, 6.07) is 18.3. The summed E-state index contributed by atoms with van der Waals surface area (Å²) in [5, 5.41) is 18.8. The van der Waals surface area contributed by atoms with E-state index in [2.05, 4.69) is 0 Å². The van der Waals surface area contributed by atoms with Gasteiger partial charge >= 0.3 is 0 Å². The zero-order valence-corrected chi connectivity index (χ0v) is 11.5. The van der Waals surface area contributed by atoms with Crippen LogP contribution in [0.4, 0.5) is 4.39 Å². The van der Waals surface area contributed by atoms with E-state index in [1.165, 1.54) is 18.2 Å². The van der Waals surface area contributed by atoms with Crippen LogP contribution in [0.5, 0.6) is 0 Å². The summed E-state index contributed by atoms with van der Waals surface area (Å²) >= 11 is 0. The molecule has 2 aromatic carbocycles. The Balaban J connectivity index is 2.05. The number of rotatable bonds is 3. The van der Waals surface area contributed by atoms with Crippen LogP contribution in [0.1, 0.15) is 21.8 Å². The largest absolute Gasteiger partial charge is 0.294 e. The van der Waals surface area contributed by atoms with Crippen LogP contribution in [0, 0.1) is 39.8 Å². The summed E-state index contributed by atoms with van der Waals surface area (Å²) in [6.07, 6.45) is 0. The molecule has 0 radical (unpaired) electrons. The van der Waals surface area contributed by atoms with E-state index in [9.17, 15) is 19.7 Å². The predicted octanol–water partition coefficient (Wildman–Crippen LogP) is 3.46. The lowest BCUT2D eigenvalue weighted by Gasteiger charge is -2.01. The van der Waals surface area contributed by atoms with Gasteiger partial charge in [0, 0.05) is 11.5 Å². The Morgan fingerprint density at radius 1 is 1.00 bits per heavy atom. The third-order valence-corrected chi connectivity index (χ3v) is 4.16. The lowest BCUT2D eigenvalue weighted by atomic mass is 10.0. The lowest BCUT2D eigenvalue weighted by Crippen LogP contribution is -2.08. The van der Waals surface area contributed by atoms with Gasteiger partial charge in [0.15, 0.2) is 11.2 Å². The van der Waals surface area contributed by atoms with Gasteiger partial charge in [-0.25, -0.2) is 4.39 Å². The first-order chi connectivity index (χ1) is 10.7. The average molecular weight is 290 g/mol. The highest BCUT2D eigenvalue weighted by atomic mass is 19.1. The Morgan fingerprint density at radius 3 is 2.18 bits per heavy atom. The maximum absolute atomic E-state index is 14.0. The fourth-order valence-electron chi connectivity index (χ4n) is 2.98. The molecule has 1 saturated carbocycles. The van der Waals surface area contributed by atoms with Crippen LogP contribution in [-0.2, 0) is 0 Å². The highest BCUT2D eigenvalue weighted by Crippen LogP contribution is 2.65. The van der Waals surface area contributed by atoms with Crippen LogP contribution in [0.3, 0.4) is 0 Å². The molecule has 0 saturated heterocycles. The second-order valence-corrected chi connectivity index (χ2v) is 5.30. The molecular weight excluding hydrogens is 279 g/mol. The van der Waals surface area contributed by atoms with Crippen LogP contribution in [-0.4, -0.2) is 5.78 Å². The van der Waals surface area contributed by atoms with E-state index in [-0.39, 0.29) is 11.3 Å². The van der Waals surface area contributed by atoms with Gasteiger partial charge in [0.25, 0.3) is 0 Å². The maximum Gasteiger partial charge on any atom is 0.169 e. The summed E-state index contributed by atoms with van der Waals surface area (Å²) in [6.45, 7) is 0. The summed E-state index contributed by atoms with van der Waals surface area (Å²) in [4.78, 5) is 12.6. The third-order valence-electron chi connectivity index (χ3n) is 4.16. The van der Waals surface area contributed by atoms with Crippen LogP contribution >= 0.6 is 0 Å². The second kappa shape index (κ2) is 5.09. The molecule has 22 heavy (non-hydrogen) atoms. The van der Waals surface area contributed by atoms with Gasteiger partial charge in [0.2, 0.25) is 0 Å². The minimum absolute atomic E-state index is 0.250. The molecule has 0 amide bonds. The average Bonchev–Trinajstić information content (AvgIpc) is 3.24. The quantitative estimate of drug-likeness (QED) is 0.813. The molecule has 0 N–H and O–H groups in total. The van der Waals surface area contributed by atoms with Crippen molar-refractivity contribution in [1.29, 1.82) is 10.5 Å². The Kier molecular flexibility index (Phi) is 3.23. The smallest absolute Gasteiger partial charge is 0.169 e. The fraction of sp³-hybridized carbons (Fsp3) is 0.167. The first-order valence-corrected chi connectivity index (χ1v) is 6.82. The van der Waals surface area contributed by atoms with Crippen LogP contribution in [0.15, 0.2) is 54.6 Å². The van der Waals surface area contributed by atoms with E-state index >= 15 is 0 Å². The van der Waals surface area contributed by atoms with E-state index in [1.54, 1.807) is 36.4 Å². The summed E-state index contributed by atoms with van der Waals surface area (Å²) < 4.78 is 14.0. The molecule has 0 unspecified atom stereocenters. The SMILES string of the molecule is N#CC1(C#N)[C@@H](C(=O)c2ccccc2)[C@@H]1c1ccccc1F. The summed E-state index contributed by atoms with van der Waals surface area (Å²) in [5.41, 5.74) is -0.809. The van der Waals surface area contributed by atoms with Crippen LogP contribution in [0.2, 0.25) is 0 Å². The van der Waals surface area contributed by atoms with E-state index in [4.69, 9.17) is 0 Å². The van der Waals surface area contributed by atoms with Crippen molar-refractivity contribution < 1.29 is 9.18 Å². The molecule has 1 aliphatic carbocycles. The molecule has 1 fully saturated rings. The van der Waals surface area contributed by atoms with Crippen molar-refractivity contribution in [2.75, 3.05) is 0 Å². The molecule has 0 spiro atoms. The van der Waals surface area contributed by atoms with Gasteiger partial charge in [-0.2, -0.15) is 10.5 Å². The number of benzene rings is 2. The van der Waals surface area contributed by atoms with Crippen molar-refractivity contribution in [3.05, 3.63) is 71.5 Å². The number of hydrogen-bond donors (Lipinski definition) is 0. The van der Waals surface area contributed by atoms with E-state index < -0.39 is 23.1 Å². The summed E-state index contributed by atoms with van der Waals surface area (Å²) in [7, 11) is 0.